The number of ether oxygens (including phenoxy) is 1. The van der Waals surface area contributed by atoms with Gasteiger partial charge in [0.05, 0.1) is 6.10 Å². The van der Waals surface area contributed by atoms with Gasteiger partial charge in [0, 0.05) is 30.2 Å². The lowest BCUT2D eigenvalue weighted by atomic mass is 9.55. The van der Waals surface area contributed by atoms with Crippen LogP contribution in [-0.2, 0) is 16.1 Å². The summed E-state index contributed by atoms with van der Waals surface area (Å²) < 4.78 is 5.96. The van der Waals surface area contributed by atoms with E-state index in [0.29, 0.717) is 6.54 Å². The molecule has 2 unspecified atom stereocenters. The topological polar surface area (TPSA) is 58.6 Å². The number of fused-ring (bicyclic) bond motifs is 1. The van der Waals surface area contributed by atoms with Crippen LogP contribution in [0.1, 0.15) is 61.4 Å². The van der Waals surface area contributed by atoms with E-state index in [0.717, 1.165) is 37.0 Å². The molecule has 1 spiro atoms. The van der Waals surface area contributed by atoms with E-state index in [2.05, 4.69) is 5.32 Å². The molecule has 2 amide bonds. The van der Waals surface area contributed by atoms with Crippen LogP contribution in [0.15, 0.2) is 24.3 Å². The Labute approximate surface area is 155 Å². The van der Waals surface area contributed by atoms with Crippen LogP contribution in [0.2, 0.25) is 0 Å². The zero-order valence-corrected chi connectivity index (χ0v) is 15.5. The number of amides is 2. The monoisotopic (exact) mass is 356 g/mol. The summed E-state index contributed by atoms with van der Waals surface area (Å²) >= 11 is 0. The zero-order valence-electron chi connectivity index (χ0n) is 15.5. The summed E-state index contributed by atoms with van der Waals surface area (Å²) in [4.78, 5) is 26.7. The van der Waals surface area contributed by atoms with Crippen molar-refractivity contribution in [3.05, 3.63) is 35.4 Å². The Balaban J connectivity index is 1.37. The van der Waals surface area contributed by atoms with E-state index in [-0.39, 0.29) is 35.9 Å². The van der Waals surface area contributed by atoms with Gasteiger partial charge in [-0.05, 0) is 37.8 Å². The molecule has 2 atom stereocenters. The molecule has 2 saturated carbocycles. The fourth-order valence-corrected chi connectivity index (χ4v) is 5.12. The zero-order chi connectivity index (χ0) is 18.1. The molecule has 5 nitrogen and oxygen atoms in total. The van der Waals surface area contributed by atoms with Gasteiger partial charge in [-0.25, -0.2) is 0 Å². The molecule has 2 aliphatic carbocycles. The van der Waals surface area contributed by atoms with Gasteiger partial charge in [-0.1, -0.05) is 37.5 Å². The van der Waals surface area contributed by atoms with E-state index in [1.807, 2.05) is 31.2 Å². The van der Waals surface area contributed by atoms with Crippen molar-refractivity contribution >= 4 is 11.8 Å². The molecule has 1 N–H and O–H groups in total. The Bertz CT molecular complexity index is 696. The van der Waals surface area contributed by atoms with Crippen molar-refractivity contribution in [3.63, 3.8) is 0 Å². The minimum absolute atomic E-state index is 0.0380. The van der Waals surface area contributed by atoms with E-state index in [9.17, 15) is 9.59 Å². The van der Waals surface area contributed by atoms with Gasteiger partial charge in [0.2, 0.25) is 5.91 Å². The van der Waals surface area contributed by atoms with Gasteiger partial charge in [0.15, 0.2) is 0 Å². The van der Waals surface area contributed by atoms with Gasteiger partial charge in [0.25, 0.3) is 5.91 Å². The lowest BCUT2D eigenvalue weighted by Gasteiger charge is -2.57. The Morgan fingerprint density at radius 3 is 2.77 bits per heavy atom. The maximum Gasteiger partial charge on any atom is 0.254 e. The highest BCUT2D eigenvalue weighted by Crippen LogP contribution is 2.53. The summed E-state index contributed by atoms with van der Waals surface area (Å²) in [5, 5.41) is 3.23. The molecule has 1 aromatic rings. The fraction of sp³-hybridized carbons (Fsp3) is 0.619. The van der Waals surface area contributed by atoms with E-state index < -0.39 is 0 Å². The van der Waals surface area contributed by atoms with Gasteiger partial charge in [-0.15, -0.1) is 0 Å². The third-order valence-corrected chi connectivity index (χ3v) is 6.50. The normalized spacial score (nSPS) is 26.5. The molecule has 2 fully saturated rings. The highest BCUT2D eigenvalue weighted by molar-refractivity contribution is 6.00. The highest BCUT2D eigenvalue weighted by Gasteiger charge is 2.56. The molecule has 0 radical (unpaired) electrons. The molecule has 4 rings (SSSR count). The molecule has 3 aliphatic rings. The van der Waals surface area contributed by atoms with Crippen molar-refractivity contribution in [2.24, 2.45) is 5.41 Å². The number of benzene rings is 1. The average molecular weight is 356 g/mol. The standard InChI is InChI=1S/C21H28N2O3/c1-2-26-18-12-17(21(18)10-6-3-7-11-21)22-19(24)14-23-13-15-8-4-5-9-16(15)20(23)25/h4-5,8-9,17-18H,2-3,6-7,10-14H2,1H3,(H,22,24). The first-order valence-electron chi connectivity index (χ1n) is 9.92. The number of hydrogen-bond acceptors (Lipinski definition) is 3. The maximum absolute atomic E-state index is 12.6. The van der Waals surface area contributed by atoms with Crippen LogP contribution in [0.5, 0.6) is 0 Å². The Morgan fingerprint density at radius 1 is 1.27 bits per heavy atom. The molecule has 0 aromatic heterocycles. The molecular formula is C21H28N2O3. The quantitative estimate of drug-likeness (QED) is 0.882. The predicted octanol–water partition coefficient (Wildman–Crippen LogP) is 2.89. The summed E-state index contributed by atoms with van der Waals surface area (Å²) in [7, 11) is 0. The number of rotatable bonds is 5. The van der Waals surface area contributed by atoms with Crippen molar-refractivity contribution in [1.82, 2.24) is 10.2 Å². The second-order valence-corrected chi connectivity index (χ2v) is 7.91. The summed E-state index contributed by atoms with van der Waals surface area (Å²) in [5.74, 6) is -0.0833. The molecule has 0 bridgehead atoms. The van der Waals surface area contributed by atoms with E-state index in [1.54, 1.807) is 4.90 Å². The third kappa shape index (κ3) is 2.92. The number of nitrogens with zero attached hydrogens (tertiary/aromatic N) is 1. The molecule has 1 aliphatic heterocycles. The largest absolute Gasteiger partial charge is 0.378 e. The SMILES string of the molecule is CCOC1CC(NC(=O)CN2Cc3ccccc3C2=O)C12CCCCC2. The van der Waals surface area contributed by atoms with Gasteiger partial charge in [-0.2, -0.15) is 0 Å². The Kier molecular flexibility index (Phi) is 4.74. The maximum atomic E-state index is 12.6. The van der Waals surface area contributed by atoms with Crippen LogP contribution in [0.25, 0.3) is 0 Å². The van der Waals surface area contributed by atoms with Crippen molar-refractivity contribution in [2.45, 2.75) is 64.1 Å². The second kappa shape index (κ2) is 7.03. The number of carbonyl (C=O) groups excluding carboxylic acids is 2. The van der Waals surface area contributed by atoms with Gasteiger partial charge >= 0.3 is 0 Å². The van der Waals surface area contributed by atoms with Crippen molar-refractivity contribution in [3.8, 4) is 0 Å². The first kappa shape index (κ1) is 17.5. The van der Waals surface area contributed by atoms with E-state index in [4.69, 9.17) is 4.74 Å². The molecule has 1 aromatic carbocycles. The fourth-order valence-electron chi connectivity index (χ4n) is 5.12. The first-order chi connectivity index (χ1) is 12.6. The summed E-state index contributed by atoms with van der Waals surface area (Å²) in [6.07, 6.45) is 7.16. The summed E-state index contributed by atoms with van der Waals surface area (Å²) in [6, 6.07) is 7.79. The average Bonchev–Trinajstić information content (AvgIpc) is 2.97. The van der Waals surface area contributed by atoms with Gasteiger partial charge < -0.3 is 15.0 Å². The number of carbonyl (C=O) groups is 2. The molecule has 140 valence electrons. The van der Waals surface area contributed by atoms with E-state index >= 15 is 0 Å². The van der Waals surface area contributed by atoms with Crippen LogP contribution < -0.4 is 5.32 Å². The van der Waals surface area contributed by atoms with Crippen molar-refractivity contribution < 1.29 is 14.3 Å². The first-order valence-corrected chi connectivity index (χ1v) is 9.92. The van der Waals surface area contributed by atoms with Crippen molar-refractivity contribution in [1.29, 1.82) is 0 Å². The van der Waals surface area contributed by atoms with Gasteiger partial charge in [0.1, 0.15) is 6.54 Å². The van der Waals surface area contributed by atoms with Gasteiger partial charge in [-0.3, -0.25) is 9.59 Å². The van der Waals surface area contributed by atoms with Crippen LogP contribution in [0.4, 0.5) is 0 Å². The summed E-state index contributed by atoms with van der Waals surface area (Å²) in [5.41, 5.74) is 1.85. The minimum Gasteiger partial charge on any atom is -0.378 e. The number of nitrogens with one attached hydrogen (secondary N) is 1. The second-order valence-electron chi connectivity index (χ2n) is 7.91. The molecule has 26 heavy (non-hydrogen) atoms. The predicted molar refractivity (Wildman–Crippen MR) is 98.7 cm³/mol. The molecule has 5 heteroatoms. The highest BCUT2D eigenvalue weighted by atomic mass is 16.5. The van der Waals surface area contributed by atoms with Crippen molar-refractivity contribution in [2.75, 3.05) is 13.2 Å². The lowest BCUT2D eigenvalue weighted by Crippen LogP contribution is -2.66. The molecular weight excluding hydrogens is 328 g/mol. The third-order valence-electron chi connectivity index (χ3n) is 6.50. The van der Waals surface area contributed by atoms with Crippen LogP contribution in [0.3, 0.4) is 0 Å². The lowest BCUT2D eigenvalue weighted by molar-refractivity contribution is -0.157. The van der Waals surface area contributed by atoms with E-state index in [1.165, 1.54) is 19.3 Å². The smallest absolute Gasteiger partial charge is 0.254 e. The van der Waals surface area contributed by atoms with Crippen LogP contribution in [-0.4, -0.2) is 42.0 Å². The van der Waals surface area contributed by atoms with Crippen LogP contribution in [0, 0.1) is 5.41 Å². The minimum atomic E-state index is -0.0453. The summed E-state index contributed by atoms with van der Waals surface area (Å²) in [6.45, 7) is 3.44. The molecule has 0 saturated heterocycles. The molecule has 1 heterocycles. The number of hydrogen-bond donors (Lipinski definition) is 1. The Hall–Kier alpha value is -1.88. The Morgan fingerprint density at radius 2 is 2.04 bits per heavy atom. The van der Waals surface area contributed by atoms with Crippen LogP contribution >= 0.6 is 0 Å².